The molecule has 0 aromatic heterocycles. The standard InChI is InChI=1S/C29H43NO8/c1-3-38-29(31)27-9-11-28(12-10-27)30(2)13-14-32-15-16-33-17-18-34-19-20-35-21-22-36-23-24-37-25-26-7-5-4-6-8-26/h4-12H,3,13-25H2,1-2H3. The van der Waals surface area contributed by atoms with Gasteiger partial charge < -0.3 is 38.1 Å². The highest BCUT2D eigenvalue weighted by Gasteiger charge is 2.07. The first-order valence-corrected chi connectivity index (χ1v) is 13.2. The van der Waals surface area contributed by atoms with E-state index in [9.17, 15) is 4.79 Å². The van der Waals surface area contributed by atoms with Gasteiger partial charge in [-0.25, -0.2) is 4.79 Å². The lowest BCUT2D eigenvalue weighted by atomic mass is 10.2. The SMILES string of the molecule is CCOC(=O)c1ccc(N(C)CCOCCOCCOCCOCCOCCOCc2ccccc2)cc1. The van der Waals surface area contributed by atoms with Crippen molar-refractivity contribution in [1.29, 1.82) is 0 Å². The molecule has 38 heavy (non-hydrogen) atoms. The summed E-state index contributed by atoms with van der Waals surface area (Å²) >= 11 is 0. The van der Waals surface area contributed by atoms with Crippen LogP contribution < -0.4 is 4.90 Å². The van der Waals surface area contributed by atoms with Crippen LogP contribution >= 0.6 is 0 Å². The average molecular weight is 534 g/mol. The maximum atomic E-state index is 11.7. The Balaban J connectivity index is 1.29. The van der Waals surface area contributed by atoms with Crippen molar-refractivity contribution >= 4 is 11.7 Å². The summed E-state index contributed by atoms with van der Waals surface area (Å²) < 4.78 is 38.2. The van der Waals surface area contributed by atoms with E-state index in [-0.39, 0.29) is 5.97 Å². The van der Waals surface area contributed by atoms with E-state index in [4.69, 9.17) is 33.2 Å². The van der Waals surface area contributed by atoms with Gasteiger partial charge in [0.25, 0.3) is 0 Å². The van der Waals surface area contributed by atoms with Gasteiger partial charge in [0.2, 0.25) is 0 Å². The van der Waals surface area contributed by atoms with Crippen LogP contribution in [-0.2, 0) is 39.8 Å². The first-order chi connectivity index (χ1) is 18.7. The predicted molar refractivity (Wildman–Crippen MR) is 146 cm³/mol. The van der Waals surface area contributed by atoms with Gasteiger partial charge in [0.15, 0.2) is 0 Å². The third-order valence-electron chi connectivity index (χ3n) is 5.36. The Hall–Kier alpha value is -2.53. The average Bonchev–Trinajstić information content (AvgIpc) is 2.95. The number of hydrogen-bond donors (Lipinski definition) is 0. The predicted octanol–water partition coefficient (Wildman–Crippen LogP) is 3.60. The molecule has 0 aliphatic rings. The lowest BCUT2D eigenvalue weighted by molar-refractivity contribution is -0.0174. The maximum Gasteiger partial charge on any atom is 0.338 e. The Morgan fingerprint density at radius 3 is 1.61 bits per heavy atom. The van der Waals surface area contributed by atoms with Crippen LogP contribution in [0, 0.1) is 0 Å². The van der Waals surface area contributed by atoms with Crippen LogP contribution in [0.1, 0.15) is 22.8 Å². The largest absolute Gasteiger partial charge is 0.462 e. The van der Waals surface area contributed by atoms with E-state index in [0.29, 0.717) is 91.5 Å². The smallest absolute Gasteiger partial charge is 0.338 e. The summed E-state index contributed by atoms with van der Waals surface area (Å²) in [5.41, 5.74) is 2.72. The molecule has 0 amide bonds. The quantitative estimate of drug-likeness (QED) is 0.157. The fraction of sp³-hybridized carbons (Fsp3) is 0.552. The Kier molecular flexibility index (Phi) is 17.9. The second-order valence-electron chi connectivity index (χ2n) is 8.29. The number of hydrogen-bond acceptors (Lipinski definition) is 9. The molecule has 9 nitrogen and oxygen atoms in total. The molecule has 0 fully saturated rings. The summed E-state index contributed by atoms with van der Waals surface area (Å²) in [4.78, 5) is 13.8. The number of likely N-dealkylation sites (N-methyl/N-ethyl adjacent to an activating group) is 1. The van der Waals surface area contributed by atoms with E-state index in [1.807, 2.05) is 49.5 Å². The fourth-order valence-electron chi connectivity index (χ4n) is 3.26. The zero-order valence-corrected chi connectivity index (χ0v) is 22.8. The summed E-state index contributed by atoms with van der Waals surface area (Å²) in [5.74, 6) is -0.304. The van der Waals surface area contributed by atoms with Gasteiger partial charge in [0.05, 0.1) is 91.5 Å². The third-order valence-corrected chi connectivity index (χ3v) is 5.36. The zero-order valence-electron chi connectivity index (χ0n) is 22.8. The van der Waals surface area contributed by atoms with Crippen LogP contribution in [0.25, 0.3) is 0 Å². The first kappa shape index (κ1) is 31.7. The molecule has 0 unspecified atom stereocenters. The van der Waals surface area contributed by atoms with E-state index >= 15 is 0 Å². The number of anilines is 1. The normalized spacial score (nSPS) is 11.0. The molecule has 0 atom stereocenters. The van der Waals surface area contributed by atoms with Crippen molar-refractivity contribution in [3.05, 3.63) is 65.7 Å². The minimum atomic E-state index is -0.304. The van der Waals surface area contributed by atoms with Crippen molar-refractivity contribution in [2.45, 2.75) is 13.5 Å². The van der Waals surface area contributed by atoms with Crippen LogP contribution in [0.4, 0.5) is 5.69 Å². The summed E-state index contributed by atoms with van der Waals surface area (Å²) in [6.07, 6.45) is 0. The van der Waals surface area contributed by atoms with Crippen LogP contribution in [0.3, 0.4) is 0 Å². The molecule has 212 valence electrons. The number of esters is 1. The number of carbonyl (C=O) groups is 1. The van der Waals surface area contributed by atoms with E-state index in [1.165, 1.54) is 0 Å². The molecule has 0 saturated heterocycles. The highest BCUT2D eigenvalue weighted by molar-refractivity contribution is 5.89. The molecule has 2 rings (SSSR count). The van der Waals surface area contributed by atoms with Crippen LogP contribution in [0.5, 0.6) is 0 Å². The third kappa shape index (κ3) is 15.0. The van der Waals surface area contributed by atoms with Gasteiger partial charge in [-0.2, -0.15) is 0 Å². The number of nitrogens with zero attached hydrogens (tertiary/aromatic N) is 1. The minimum Gasteiger partial charge on any atom is -0.462 e. The second kappa shape index (κ2) is 21.4. The molecule has 0 N–H and O–H groups in total. The number of ether oxygens (including phenoxy) is 7. The topological polar surface area (TPSA) is 84.9 Å². The summed E-state index contributed by atoms with van der Waals surface area (Å²) in [7, 11) is 1.98. The molecule has 0 spiro atoms. The molecular weight excluding hydrogens is 490 g/mol. The van der Waals surface area contributed by atoms with E-state index in [2.05, 4.69) is 4.90 Å². The monoisotopic (exact) mass is 533 g/mol. The van der Waals surface area contributed by atoms with Gasteiger partial charge >= 0.3 is 5.97 Å². The van der Waals surface area contributed by atoms with Gasteiger partial charge in [-0.15, -0.1) is 0 Å². The molecule has 2 aromatic carbocycles. The van der Waals surface area contributed by atoms with Gasteiger partial charge in [-0.3, -0.25) is 0 Å². The molecule has 9 heteroatoms. The number of benzene rings is 2. The molecule has 0 radical (unpaired) electrons. The Bertz CT molecular complexity index is 834. The van der Waals surface area contributed by atoms with E-state index in [0.717, 1.165) is 17.8 Å². The van der Waals surface area contributed by atoms with Gasteiger partial charge in [0, 0.05) is 19.3 Å². The van der Waals surface area contributed by atoms with E-state index < -0.39 is 0 Å². The van der Waals surface area contributed by atoms with Gasteiger partial charge in [0.1, 0.15) is 0 Å². The Morgan fingerprint density at radius 2 is 1.11 bits per heavy atom. The Labute approximate surface area is 226 Å². The second-order valence-corrected chi connectivity index (χ2v) is 8.29. The van der Waals surface area contributed by atoms with Crippen molar-refractivity contribution in [2.24, 2.45) is 0 Å². The van der Waals surface area contributed by atoms with Crippen molar-refractivity contribution in [2.75, 3.05) is 97.8 Å². The summed E-state index contributed by atoms with van der Waals surface area (Å²) in [6.45, 7) is 9.38. The molecule has 0 bridgehead atoms. The van der Waals surface area contributed by atoms with Crippen molar-refractivity contribution in [1.82, 2.24) is 0 Å². The first-order valence-electron chi connectivity index (χ1n) is 13.2. The van der Waals surface area contributed by atoms with Crippen molar-refractivity contribution in [3.63, 3.8) is 0 Å². The van der Waals surface area contributed by atoms with Crippen molar-refractivity contribution in [3.8, 4) is 0 Å². The highest BCUT2D eigenvalue weighted by atomic mass is 16.6. The molecular formula is C29H43NO8. The lowest BCUT2D eigenvalue weighted by Gasteiger charge is -2.19. The molecule has 0 aliphatic carbocycles. The molecule has 0 aliphatic heterocycles. The van der Waals surface area contributed by atoms with Gasteiger partial charge in [-0.1, -0.05) is 30.3 Å². The minimum absolute atomic E-state index is 0.304. The fourth-order valence-corrected chi connectivity index (χ4v) is 3.26. The van der Waals surface area contributed by atoms with Crippen LogP contribution in [0.2, 0.25) is 0 Å². The highest BCUT2D eigenvalue weighted by Crippen LogP contribution is 2.14. The maximum absolute atomic E-state index is 11.7. The van der Waals surface area contributed by atoms with Crippen molar-refractivity contribution < 1.29 is 38.0 Å². The molecule has 2 aromatic rings. The van der Waals surface area contributed by atoms with Crippen LogP contribution in [-0.4, -0.2) is 98.8 Å². The molecule has 0 heterocycles. The number of rotatable bonds is 23. The number of carbonyl (C=O) groups excluding carboxylic acids is 1. The summed E-state index contributed by atoms with van der Waals surface area (Å²) in [5, 5.41) is 0. The lowest BCUT2D eigenvalue weighted by Crippen LogP contribution is -2.23. The summed E-state index contributed by atoms with van der Waals surface area (Å²) in [6, 6.07) is 17.4. The zero-order chi connectivity index (χ0) is 27.1. The van der Waals surface area contributed by atoms with Gasteiger partial charge in [-0.05, 0) is 36.8 Å². The van der Waals surface area contributed by atoms with E-state index in [1.54, 1.807) is 19.1 Å². The Morgan fingerprint density at radius 1 is 0.632 bits per heavy atom. The van der Waals surface area contributed by atoms with Crippen LogP contribution in [0.15, 0.2) is 54.6 Å². The molecule has 0 saturated carbocycles.